The van der Waals surface area contributed by atoms with Gasteiger partial charge in [0.1, 0.15) is 27.3 Å². The van der Waals surface area contributed by atoms with Gasteiger partial charge in [0.05, 0.1) is 0 Å². The van der Waals surface area contributed by atoms with E-state index in [0.717, 1.165) is 35.0 Å². The van der Waals surface area contributed by atoms with Crippen LogP contribution in [0, 0.1) is 23.1 Å². The van der Waals surface area contributed by atoms with Crippen LogP contribution in [0.15, 0.2) is 63.8 Å². The number of carbonyl (C=O) groups excluding carboxylic acids is 1. The minimum absolute atomic E-state index is 0.0825. The summed E-state index contributed by atoms with van der Waals surface area (Å²) in [4.78, 5) is 16.0. The van der Waals surface area contributed by atoms with Gasteiger partial charge in [-0.25, -0.2) is 13.8 Å². The predicted octanol–water partition coefficient (Wildman–Crippen LogP) is 3.33. The summed E-state index contributed by atoms with van der Waals surface area (Å²) in [6.45, 7) is 1.72. The Kier molecular flexibility index (Phi) is 8.38. The third-order valence-electron chi connectivity index (χ3n) is 5.22. The normalized spacial score (nSPS) is 18.1. The number of nitrogens with one attached hydrogen (secondary N) is 2. The number of amides is 1. The van der Waals surface area contributed by atoms with Gasteiger partial charge in [0.15, 0.2) is 6.19 Å². The average molecular weight is 500 g/mol. The average Bonchev–Trinajstić information content (AvgIpc) is 3.27. The summed E-state index contributed by atoms with van der Waals surface area (Å²) >= 11 is 1.11. The second kappa shape index (κ2) is 11.4. The van der Waals surface area contributed by atoms with E-state index in [-0.39, 0.29) is 22.3 Å². The Hall–Kier alpha value is -3.98. The number of carbonyl (C=O) groups is 1. The summed E-state index contributed by atoms with van der Waals surface area (Å²) in [7, 11) is 1.52. The highest BCUT2D eigenvalue weighted by molar-refractivity contribution is 8.15. The molecule has 0 saturated carbocycles. The summed E-state index contributed by atoms with van der Waals surface area (Å²) in [6.07, 6.45) is 2.59. The number of rotatable bonds is 7. The fourth-order valence-electron chi connectivity index (χ4n) is 3.52. The first-order valence-electron chi connectivity index (χ1n) is 10.5. The molecule has 1 aliphatic heterocycles. The highest BCUT2D eigenvalue weighted by Gasteiger charge is 2.49. The van der Waals surface area contributed by atoms with Crippen molar-refractivity contribution in [2.24, 2.45) is 15.2 Å². The Morgan fingerprint density at radius 2 is 2.03 bits per heavy atom. The van der Waals surface area contributed by atoms with E-state index >= 15 is 0 Å². The van der Waals surface area contributed by atoms with E-state index < -0.39 is 22.4 Å². The van der Waals surface area contributed by atoms with Gasteiger partial charge in [-0.05, 0) is 43.5 Å². The zero-order valence-electron chi connectivity index (χ0n) is 19.0. The lowest BCUT2D eigenvalue weighted by atomic mass is 10.00. The first-order chi connectivity index (χ1) is 16.9. The molecule has 0 fully saturated rings. The van der Waals surface area contributed by atoms with Gasteiger partial charge in [0.25, 0.3) is 5.91 Å². The molecule has 1 atom stereocenters. The van der Waals surface area contributed by atoms with Crippen molar-refractivity contribution in [2.45, 2.75) is 24.6 Å². The number of benzene rings is 2. The Bertz CT molecular complexity index is 1210. The van der Waals surface area contributed by atoms with Crippen LogP contribution in [0.4, 0.5) is 8.78 Å². The number of halogens is 2. The highest BCUT2D eigenvalue weighted by Crippen LogP contribution is 2.50. The molecular formula is C23H23F2N7O2S. The van der Waals surface area contributed by atoms with Gasteiger partial charge in [0, 0.05) is 19.2 Å². The van der Waals surface area contributed by atoms with Crippen LogP contribution in [-0.2, 0) is 9.67 Å². The Morgan fingerprint density at radius 1 is 1.29 bits per heavy atom. The van der Waals surface area contributed by atoms with Crippen LogP contribution in [0.3, 0.4) is 0 Å². The molecule has 0 radical (unpaired) electrons. The molecule has 1 amide bonds. The van der Waals surface area contributed by atoms with Gasteiger partial charge >= 0.3 is 0 Å². The maximum Gasteiger partial charge on any atom is 0.293 e. The molecule has 1 unspecified atom stereocenters. The number of thioether (sulfide) groups is 1. The quantitative estimate of drug-likeness (QED) is 0.102. The molecule has 35 heavy (non-hydrogen) atoms. The first kappa shape index (κ1) is 25.6. The minimum Gasteiger partial charge on any atom is -0.410 e. The van der Waals surface area contributed by atoms with Crippen molar-refractivity contribution in [1.82, 2.24) is 15.6 Å². The Morgan fingerprint density at radius 3 is 2.69 bits per heavy atom. The summed E-state index contributed by atoms with van der Waals surface area (Å²) < 4.78 is 28.6. The lowest BCUT2D eigenvalue weighted by Crippen LogP contribution is -2.44. The van der Waals surface area contributed by atoms with E-state index in [1.807, 2.05) is 18.2 Å². The van der Waals surface area contributed by atoms with Crippen LogP contribution in [0.25, 0.3) is 0 Å². The van der Waals surface area contributed by atoms with Crippen molar-refractivity contribution in [3.8, 4) is 6.19 Å². The van der Waals surface area contributed by atoms with Crippen LogP contribution in [0.1, 0.15) is 30.9 Å². The maximum absolute atomic E-state index is 14.7. The molecule has 0 spiro atoms. The van der Waals surface area contributed by atoms with Crippen molar-refractivity contribution in [3.63, 3.8) is 0 Å². The van der Waals surface area contributed by atoms with E-state index in [0.29, 0.717) is 24.9 Å². The van der Waals surface area contributed by atoms with Crippen molar-refractivity contribution < 1.29 is 18.8 Å². The Balaban J connectivity index is 2.03. The van der Waals surface area contributed by atoms with Gasteiger partial charge in [-0.3, -0.25) is 15.1 Å². The van der Waals surface area contributed by atoms with E-state index in [1.165, 1.54) is 14.0 Å². The highest BCUT2D eigenvalue weighted by atomic mass is 32.2. The van der Waals surface area contributed by atoms with Gasteiger partial charge in [-0.2, -0.15) is 10.4 Å². The standard InChI is InChI=1S/C23H23F2N7O2S/c1-15(31-34)21(33)32-23(16-7-4-3-5-8-16,11-6-12-28-22(27-2)29-14-26)35-20(30-32)18-13-17(24)9-10-19(18)25/h3-5,7-10,13,34H,6,11-12H2,1-2H3,(H2,27,28,29)/b31-15-. The summed E-state index contributed by atoms with van der Waals surface area (Å²) in [5.41, 5.74) is 0.396. The molecule has 0 aromatic heterocycles. The van der Waals surface area contributed by atoms with E-state index in [1.54, 1.807) is 18.3 Å². The third kappa shape index (κ3) is 5.58. The first-order valence-corrected chi connectivity index (χ1v) is 11.4. The van der Waals surface area contributed by atoms with Crippen molar-refractivity contribution in [1.29, 1.82) is 5.26 Å². The molecule has 3 N–H and O–H groups in total. The molecule has 0 saturated heterocycles. The molecule has 0 aliphatic carbocycles. The van der Waals surface area contributed by atoms with Gasteiger partial charge in [-0.1, -0.05) is 47.2 Å². The van der Waals surface area contributed by atoms with Crippen molar-refractivity contribution in [3.05, 3.63) is 71.3 Å². The molecule has 1 heterocycles. The number of nitriles is 1. The van der Waals surface area contributed by atoms with E-state index in [4.69, 9.17) is 5.26 Å². The molecular weight excluding hydrogens is 476 g/mol. The lowest BCUT2D eigenvalue weighted by molar-refractivity contribution is -0.127. The fraction of sp³-hybridized carbons (Fsp3) is 0.261. The van der Waals surface area contributed by atoms with Crippen LogP contribution in [-0.4, -0.2) is 46.4 Å². The van der Waals surface area contributed by atoms with E-state index in [9.17, 15) is 18.8 Å². The SMILES string of the molecule is CN=C(NC#N)NCCCC1(c2ccccc2)SC(c2cc(F)ccc2F)=NN1C(=O)/C(C)=N\O. The minimum atomic E-state index is -1.15. The predicted molar refractivity (Wildman–Crippen MR) is 130 cm³/mol. The molecule has 3 rings (SSSR count). The molecule has 182 valence electrons. The van der Waals surface area contributed by atoms with Gasteiger partial charge in [0.2, 0.25) is 5.96 Å². The van der Waals surface area contributed by atoms with Crippen molar-refractivity contribution >= 4 is 34.4 Å². The fourth-order valence-corrected chi connectivity index (χ4v) is 4.94. The molecule has 9 nitrogen and oxygen atoms in total. The molecule has 1 aliphatic rings. The van der Waals surface area contributed by atoms with Crippen molar-refractivity contribution in [2.75, 3.05) is 13.6 Å². The topological polar surface area (TPSA) is 125 Å². The van der Waals surface area contributed by atoms with Crippen LogP contribution in [0.5, 0.6) is 0 Å². The zero-order valence-corrected chi connectivity index (χ0v) is 19.8. The number of hydrogen-bond donors (Lipinski definition) is 3. The lowest BCUT2D eigenvalue weighted by Gasteiger charge is -2.35. The van der Waals surface area contributed by atoms with Crippen LogP contribution >= 0.6 is 11.8 Å². The number of oxime groups is 1. The van der Waals surface area contributed by atoms with E-state index in [2.05, 4.69) is 25.9 Å². The number of hydrogen-bond acceptors (Lipinski definition) is 7. The molecule has 0 bridgehead atoms. The van der Waals surface area contributed by atoms with Crippen LogP contribution in [0.2, 0.25) is 0 Å². The molecule has 2 aromatic carbocycles. The zero-order chi connectivity index (χ0) is 25.4. The second-order valence-corrected chi connectivity index (χ2v) is 8.69. The number of nitrogens with zero attached hydrogens (tertiary/aromatic N) is 5. The Labute approximate surface area is 205 Å². The number of aliphatic imine (C=N–C) groups is 1. The van der Waals surface area contributed by atoms with Gasteiger partial charge in [-0.15, -0.1) is 0 Å². The smallest absolute Gasteiger partial charge is 0.293 e. The summed E-state index contributed by atoms with van der Waals surface area (Å²) in [5, 5.41) is 32.1. The number of hydrazone groups is 1. The molecule has 2 aromatic rings. The van der Waals surface area contributed by atoms with Crippen LogP contribution < -0.4 is 10.6 Å². The van der Waals surface area contributed by atoms with Gasteiger partial charge < -0.3 is 10.5 Å². The largest absolute Gasteiger partial charge is 0.410 e. The second-order valence-electron chi connectivity index (χ2n) is 7.42. The molecule has 12 heteroatoms. The monoisotopic (exact) mass is 499 g/mol. The number of guanidine groups is 1. The summed E-state index contributed by atoms with van der Waals surface area (Å²) in [5.74, 6) is -1.73. The maximum atomic E-state index is 14.7. The summed E-state index contributed by atoms with van der Waals surface area (Å²) in [6, 6.07) is 12.1. The third-order valence-corrected chi connectivity index (χ3v) is 6.66.